The molecule has 1 rings (SSSR count). The molecule has 0 saturated heterocycles. The molecule has 0 spiro atoms. The van der Waals surface area contributed by atoms with Gasteiger partial charge < -0.3 is 5.11 Å². The van der Waals surface area contributed by atoms with Crippen molar-refractivity contribution in [3.05, 3.63) is 30.3 Å². The Morgan fingerprint density at radius 1 is 1.00 bits per heavy atom. The third-order valence-corrected chi connectivity index (χ3v) is 0.756. The summed E-state index contributed by atoms with van der Waals surface area (Å²) in [5, 5.41) is 8.63. The molecule has 0 fully saturated rings. The second-order valence-electron chi connectivity index (χ2n) is 1.34. The van der Waals surface area contributed by atoms with E-state index in [1.165, 1.54) is 0 Å². The van der Waals surface area contributed by atoms with Gasteiger partial charge in [-0.3, -0.25) is 0 Å². The number of benzene rings is 1. The van der Waals surface area contributed by atoms with Gasteiger partial charge in [0.25, 0.3) is 0 Å². The first kappa shape index (κ1) is 12.0. The van der Waals surface area contributed by atoms with Crippen molar-refractivity contribution >= 4 is 40.1 Å². The zero-order chi connectivity index (χ0) is 5.11. The zero-order valence-electron chi connectivity index (χ0n) is 4.95. The molecular formula is C6H6MgOSe. The van der Waals surface area contributed by atoms with Gasteiger partial charge in [-0.2, -0.15) is 0 Å². The van der Waals surface area contributed by atoms with E-state index in [2.05, 4.69) is 0 Å². The normalized spacial score (nSPS) is 6.67. The smallest absolute Gasteiger partial charge is 0.115 e. The topological polar surface area (TPSA) is 20.2 Å². The van der Waals surface area contributed by atoms with Crippen molar-refractivity contribution in [3.63, 3.8) is 0 Å². The molecule has 1 aromatic rings. The van der Waals surface area contributed by atoms with Crippen LogP contribution in [-0.2, 0) is 0 Å². The fourth-order valence-corrected chi connectivity index (χ4v) is 0.428. The largest absolute Gasteiger partial charge is 0.508 e. The fourth-order valence-electron chi connectivity index (χ4n) is 0.428. The van der Waals surface area contributed by atoms with E-state index in [-0.39, 0.29) is 40.1 Å². The molecule has 1 aromatic carbocycles. The molecule has 0 amide bonds. The Hall–Kier alpha value is 0.306. The molecular weight excluding hydrogens is 191 g/mol. The summed E-state index contributed by atoms with van der Waals surface area (Å²) in [6.07, 6.45) is 0. The minimum Gasteiger partial charge on any atom is -0.508 e. The van der Waals surface area contributed by atoms with Gasteiger partial charge in [-0.05, 0) is 12.1 Å². The van der Waals surface area contributed by atoms with Crippen molar-refractivity contribution in [1.29, 1.82) is 0 Å². The molecule has 0 bridgehead atoms. The average molecular weight is 197 g/mol. The summed E-state index contributed by atoms with van der Waals surface area (Å²) in [5.41, 5.74) is 0. The van der Waals surface area contributed by atoms with Gasteiger partial charge in [-0.15, -0.1) is 0 Å². The maximum absolute atomic E-state index is 8.63. The van der Waals surface area contributed by atoms with Crippen LogP contribution in [0.3, 0.4) is 0 Å². The number of hydrogen-bond donors (Lipinski definition) is 1. The first-order chi connectivity index (χ1) is 3.39. The fraction of sp³-hybridized carbons (Fsp3) is 0. The molecule has 4 radical (unpaired) electrons. The van der Waals surface area contributed by atoms with Gasteiger partial charge in [0, 0.05) is 40.1 Å². The molecule has 1 nitrogen and oxygen atoms in total. The zero-order valence-corrected chi connectivity index (χ0v) is 8.08. The van der Waals surface area contributed by atoms with Crippen LogP contribution in [0.2, 0.25) is 0 Å². The van der Waals surface area contributed by atoms with Crippen molar-refractivity contribution < 1.29 is 5.11 Å². The van der Waals surface area contributed by atoms with Crippen LogP contribution in [0.5, 0.6) is 5.75 Å². The predicted molar refractivity (Wildman–Crippen MR) is 39.6 cm³/mol. The summed E-state index contributed by atoms with van der Waals surface area (Å²) < 4.78 is 0. The van der Waals surface area contributed by atoms with Crippen LogP contribution in [0.15, 0.2) is 30.3 Å². The van der Waals surface area contributed by atoms with Crippen molar-refractivity contribution in [1.82, 2.24) is 0 Å². The second-order valence-corrected chi connectivity index (χ2v) is 1.34. The van der Waals surface area contributed by atoms with Crippen LogP contribution in [0.25, 0.3) is 0 Å². The van der Waals surface area contributed by atoms with Crippen LogP contribution in [-0.4, -0.2) is 45.2 Å². The van der Waals surface area contributed by atoms with Gasteiger partial charge in [0.1, 0.15) is 5.75 Å². The molecule has 0 aromatic heterocycles. The van der Waals surface area contributed by atoms with Gasteiger partial charge in [0.2, 0.25) is 0 Å². The summed E-state index contributed by atoms with van der Waals surface area (Å²) in [4.78, 5) is 0. The van der Waals surface area contributed by atoms with Crippen LogP contribution in [0.4, 0.5) is 0 Å². The predicted octanol–water partition coefficient (Wildman–Crippen LogP) is 0.631. The first-order valence-corrected chi connectivity index (χ1v) is 2.13. The summed E-state index contributed by atoms with van der Waals surface area (Å²) in [6, 6.07) is 8.71. The summed E-state index contributed by atoms with van der Waals surface area (Å²) >= 11 is 0. The van der Waals surface area contributed by atoms with Gasteiger partial charge >= 0.3 is 0 Å². The molecule has 0 atom stereocenters. The van der Waals surface area contributed by atoms with E-state index < -0.39 is 0 Å². The standard InChI is InChI=1S/C6H6O.Mg.Se/c7-6-4-2-1-3-5-6;;/h1-5,7H;;. The van der Waals surface area contributed by atoms with Crippen molar-refractivity contribution in [3.8, 4) is 5.75 Å². The Bertz CT molecular complexity index is 143. The summed E-state index contributed by atoms with van der Waals surface area (Å²) in [5.74, 6) is 0.322. The molecule has 0 aliphatic carbocycles. The van der Waals surface area contributed by atoms with Crippen LogP contribution in [0.1, 0.15) is 0 Å². The van der Waals surface area contributed by atoms with E-state index in [9.17, 15) is 0 Å². The third-order valence-electron chi connectivity index (χ3n) is 0.756. The minimum atomic E-state index is 0. The van der Waals surface area contributed by atoms with E-state index >= 15 is 0 Å². The Kier molecular flexibility index (Phi) is 8.59. The van der Waals surface area contributed by atoms with Gasteiger partial charge in [-0.1, -0.05) is 18.2 Å². The van der Waals surface area contributed by atoms with Crippen molar-refractivity contribution in [2.75, 3.05) is 0 Å². The van der Waals surface area contributed by atoms with E-state index in [0.717, 1.165) is 0 Å². The maximum Gasteiger partial charge on any atom is 0.115 e. The third kappa shape index (κ3) is 4.79. The van der Waals surface area contributed by atoms with Crippen molar-refractivity contribution in [2.24, 2.45) is 0 Å². The quantitative estimate of drug-likeness (QED) is 0.605. The van der Waals surface area contributed by atoms with E-state index in [1.54, 1.807) is 24.3 Å². The van der Waals surface area contributed by atoms with Crippen molar-refractivity contribution in [2.45, 2.75) is 0 Å². The number of para-hydroxylation sites is 1. The molecule has 0 aliphatic rings. The Balaban J connectivity index is 0. The van der Waals surface area contributed by atoms with Crippen LogP contribution in [0, 0.1) is 0 Å². The maximum atomic E-state index is 8.63. The van der Waals surface area contributed by atoms with E-state index in [1.807, 2.05) is 6.07 Å². The van der Waals surface area contributed by atoms with E-state index in [4.69, 9.17) is 5.11 Å². The number of phenolic OH excluding ortho intramolecular Hbond substituents is 1. The molecule has 9 heavy (non-hydrogen) atoms. The Labute approximate surface area is 81.1 Å². The summed E-state index contributed by atoms with van der Waals surface area (Å²) in [6.45, 7) is 0. The molecule has 0 aliphatic heterocycles. The Morgan fingerprint density at radius 3 is 1.67 bits per heavy atom. The molecule has 1 N–H and O–H groups in total. The number of phenols is 1. The molecule has 0 unspecified atom stereocenters. The molecule has 3 heteroatoms. The first-order valence-electron chi connectivity index (χ1n) is 2.13. The average Bonchev–Trinajstić information content (AvgIpc) is 1.69. The second kappa shape index (κ2) is 6.43. The van der Waals surface area contributed by atoms with Gasteiger partial charge in [-0.25, -0.2) is 0 Å². The van der Waals surface area contributed by atoms with E-state index in [0.29, 0.717) is 5.75 Å². The van der Waals surface area contributed by atoms with Crippen LogP contribution < -0.4 is 0 Å². The molecule has 0 saturated carbocycles. The SMILES string of the molecule is Oc1ccccc1.[Mg].[Se]. The molecule has 0 heterocycles. The van der Waals surface area contributed by atoms with Crippen LogP contribution >= 0.6 is 0 Å². The Morgan fingerprint density at radius 2 is 1.44 bits per heavy atom. The van der Waals surface area contributed by atoms with Gasteiger partial charge in [0.15, 0.2) is 0 Å². The van der Waals surface area contributed by atoms with Gasteiger partial charge in [0.05, 0.1) is 0 Å². The number of aromatic hydroxyl groups is 1. The molecule has 44 valence electrons. The number of rotatable bonds is 0. The monoisotopic (exact) mass is 198 g/mol. The minimum absolute atomic E-state index is 0. The summed E-state index contributed by atoms with van der Waals surface area (Å²) in [7, 11) is 0. The number of hydrogen-bond acceptors (Lipinski definition) is 1.